The second-order valence-corrected chi connectivity index (χ2v) is 4.65. The highest BCUT2D eigenvalue weighted by molar-refractivity contribution is 5.30. The van der Waals surface area contributed by atoms with E-state index in [4.69, 9.17) is 4.74 Å². The minimum Gasteiger partial charge on any atom is -0.368 e. The van der Waals surface area contributed by atoms with Gasteiger partial charge in [-0.1, -0.05) is 13.8 Å². The summed E-state index contributed by atoms with van der Waals surface area (Å²) in [6, 6.07) is 2.27. The highest BCUT2D eigenvalue weighted by Gasteiger charge is 2.28. The summed E-state index contributed by atoms with van der Waals surface area (Å²) in [5.74, 6) is 0.702. The number of hydrogen-bond donors (Lipinski definition) is 0. The maximum absolute atomic E-state index is 5.34. The maximum Gasteiger partial charge on any atom is 0.108 e. The van der Waals surface area contributed by atoms with Crippen LogP contribution in [0.3, 0.4) is 0 Å². The predicted molar refractivity (Wildman–Crippen MR) is 57.4 cm³/mol. The van der Waals surface area contributed by atoms with Gasteiger partial charge in [0.25, 0.3) is 0 Å². The van der Waals surface area contributed by atoms with Gasteiger partial charge in [0.15, 0.2) is 0 Å². The normalized spacial score (nSPS) is 20.5. The van der Waals surface area contributed by atoms with Crippen LogP contribution in [0.15, 0.2) is 6.07 Å². The highest BCUT2D eigenvalue weighted by atomic mass is 16.6. The van der Waals surface area contributed by atoms with Gasteiger partial charge in [-0.15, -0.1) is 0 Å². The van der Waals surface area contributed by atoms with E-state index in [1.165, 1.54) is 17.0 Å². The number of nitrogens with zero attached hydrogens (tertiary/aromatic N) is 1. The zero-order chi connectivity index (χ0) is 10.3. The molecule has 1 unspecified atom stereocenters. The second kappa shape index (κ2) is 3.43. The van der Waals surface area contributed by atoms with Crippen LogP contribution in [0.1, 0.15) is 36.9 Å². The summed E-state index contributed by atoms with van der Waals surface area (Å²) in [5, 5.41) is 0. The molecule has 14 heavy (non-hydrogen) atoms. The van der Waals surface area contributed by atoms with Gasteiger partial charge in [-0.05, 0) is 25.8 Å². The number of aryl methyl sites for hydroxylation is 1. The fourth-order valence-corrected chi connectivity index (χ4v) is 2.03. The first-order valence-corrected chi connectivity index (χ1v) is 5.38. The molecule has 1 aromatic heterocycles. The zero-order valence-electron chi connectivity index (χ0n) is 9.50. The van der Waals surface area contributed by atoms with E-state index in [1.807, 2.05) is 0 Å². The molecule has 2 heteroatoms. The van der Waals surface area contributed by atoms with Crippen molar-refractivity contribution in [1.82, 2.24) is 4.57 Å². The molecule has 0 aromatic carbocycles. The minimum atomic E-state index is 0.391. The van der Waals surface area contributed by atoms with Crippen molar-refractivity contribution in [2.45, 2.75) is 40.3 Å². The molecule has 0 saturated carbocycles. The van der Waals surface area contributed by atoms with Crippen LogP contribution in [-0.2, 0) is 11.3 Å². The Balaban J connectivity index is 2.29. The number of aromatic nitrogens is 1. The molecule has 2 rings (SSSR count). The Morgan fingerprint density at radius 1 is 1.50 bits per heavy atom. The fourth-order valence-electron chi connectivity index (χ4n) is 2.03. The summed E-state index contributed by atoms with van der Waals surface area (Å²) >= 11 is 0. The first-order valence-electron chi connectivity index (χ1n) is 5.38. The van der Waals surface area contributed by atoms with Gasteiger partial charge in [-0.3, -0.25) is 0 Å². The molecule has 0 aliphatic carbocycles. The van der Waals surface area contributed by atoms with Crippen LogP contribution in [0.5, 0.6) is 0 Å². The SMILES string of the molecule is Cc1cc(C2CO2)c(C)n1CC(C)C. The lowest BCUT2D eigenvalue weighted by Gasteiger charge is -2.12. The van der Waals surface area contributed by atoms with Gasteiger partial charge in [0, 0.05) is 23.5 Å². The molecular weight excluding hydrogens is 174 g/mol. The van der Waals surface area contributed by atoms with E-state index in [0.29, 0.717) is 12.0 Å². The Morgan fingerprint density at radius 3 is 2.64 bits per heavy atom. The Hall–Kier alpha value is -0.760. The van der Waals surface area contributed by atoms with Crippen molar-refractivity contribution < 1.29 is 4.74 Å². The van der Waals surface area contributed by atoms with Crippen molar-refractivity contribution in [1.29, 1.82) is 0 Å². The molecule has 1 aliphatic heterocycles. The maximum atomic E-state index is 5.34. The van der Waals surface area contributed by atoms with Crippen LogP contribution in [0.25, 0.3) is 0 Å². The van der Waals surface area contributed by atoms with Crippen LogP contribution < -0.4 is 0 Å². The number of epoxide rings is 1. The van der Waals surface area contributed by atoms with E-state index in [2.05, 4.69) is 38.3 Å². The Morgan fingerprint density at radius 2 is 2.14 bits per heavy atom. The molecule has 1 aliphatic rings. The standard InChI is InChI=1S/C12H19NO/c1-8(2)6-13-9(3)5-11(10(13)4)12-7-14-12/h5,8,12H,6-7H2,1-4H3. The molecular formula is C12H19NO. The van der Waals surface area contributed by atoms with Crippen molar-refractivity contribution in [3.63, 3.8) is 0 Å². The van der Waals surface area contributed by atoms with E-state index in [-0.39, 0.29) is 0 Å². The number of ether oxygens (including phenoxy) is 1. The van der Waals surface area contributed by atoms with Crippen molar-refractivity contribution in [2.75, 3.05) is 6.61 Å². The average molecular weight is 193 g/mol. The minimum absolute atomic E-state index is 0.391. The van der Waals surface area contributed by atoms with Gasteiger partial charge in [0.05, 0.1) is 6.61 Å². The largest absolute Gasteiger partial charge is 0.368 e. The Bertz CT molecular complexity index is 334. The molecule has 1 aromatic rings. The van der Waals surface area contributed by atoms with Gasteiger partial charge in [-0.25, -0.2) is 0 Å². The van der Waals surface area contributed by atoms with Gasteiger partial charge in [0.2, 0.25) is 0 Å². The van der Waals surface area contributed by atoms with E-state index in [0.717, 1.165) is 13.2 Å². The number of rotatable bonds is 3. The smallest absolute Gasteiger partial charge is 0.108 e. The van der Waals surface area contributed by atoms with Crippen LogP contribution in [0.4, 0.5) is 0 Å². The van der Waals surface area contributed by atoms with Crippen molar-refractivity contribution >= 4 is 0 Å². The number of hydrogen-bond acceptors (Lipinski definition) is 1. The molecule has 0 spiro atoms. The molecule has 78 valence electrons. The van der Waals surface area contributed by atoms with Crippen LogP contribution in [0.2, 0.25) is 0 Å². The lowest BCUT2D eigenvalue weighted by atomic mass is 10.2. The quantitative estimate of drug-likeness (QED) is 0.675. The molecule has 1 fully saturated rings. The first-order chi connectivity index (χ1) is 6.59. The van der Waals surface area contributed by atoms with Crippen molar-refractivity contribution in [3.05, 3.63) is 23.0 Å². The lowest BCUT2D eigenvalue weighted by Crippen LogP contribution is -2.07. The Kier molecular flexibility index (Phi) is 2.40. The Labute approximate surface area is 85.9 Å². The topological polar surface area (TPSA) is 17.5 Å². The zero-order valence-corrected chi connectivity index (χ0v) is 9.50. The summed E-state index contributed by atoms with van der Waals surface area (Å²) < 4.78 is 7.74. The van der Waals surface area contributed by atoms with E-state index >= 15 is 0 Å². The van der Waals surface area contributed by atoms with Crippen molar-refractivity contribution in [2.24, 2.45) is 5.92 Å². The lowest BCUT2D eigenvalue weighted by molar-refractivity contribution is 0.414. The van der Waals surface area contributed by atoms with Gasteiger partial charge < -0.3 is 9.30 Å². The highest BCUT2D eigenvalue weighted by Crippen LogP contribution is 2.34. The molecule has 0 radical (unpaired) electrons. The van der Waals surface area contributed by atoms with E-state index in [9.17, 15) is 0 Å². The third-order valence-electron chi connectivity index (χ3n) is 2.84. The van der Waals surface area contributed by atoms with Crippen LogP contribution in [0, 0.1) is 19.8 Å². The summed E-state index contributed by atoms with van der Waals surface area (Å²) in [5.41, 5.74) is 4.14. The van der Waals surface area contributed by atoms with E-state index < -0.39 is 0 Å². The van der Waals surface area contributed by atoms with Crippen molar-refractivity contribution in [3.8, 4) is 0 Å². The fraction of sp³-hybridized carbons (Fsp3) is 0.667. The average Bonchev–Trinajstić information content (AvgIpc) is 2.88. The summed E-state index contributed by atoms with van der Waals surface area (Å²) in [7, 11) is 0. The molecule has 1 saturated heterocycles. The molecule has 1 atom stereocenters. The monoisotopic (exact) mass is 193 g/mol. The summed E-state index contributed by atoms with van der Waals surface area (Å²) in [6.45, 7) is 10.9. The van der Waals surface area contributed by atoms with Gasteiger partial charge in [-0.2, -0.15) is 0 Å². The van der Waals surface area contributed by atoms with E-state index in [1.54, 1.807) is 0 Å². The van der Waals surface area contributed by atoms with Crippen LogP contribution >= 0.6 is 0 Å². The third-order valence-corrected chi connectivity index (χ3v) is 2.84. The predicted octanol–water partition coefficient (Wildman–Crippen LogP) is 2.83. The molecule has 0 bridgehead atoms. The summed E-state index contributed by atoms with van der Waals surface area (Å²) in [4.78, 5) is 0. The molecule has 2 nitrogen and oxygen atoms in total. The summed E-state index contributed by atoms with van der Waals surface area (Å²) in [6.07, 6.45) is 0.391. The van der Waals surface area contributed by atoms with Gasteiger partial charge in [0.1, 0.15) is 6.10 Å². The molecule has 2 heterocycles. The second-order valence-electron chi connectivity index (χ2n) is 4.65. The first kappa shape index (κ1) is 9.78. The van der Waals surface area contributed by atoms with Gasteiger partial charge >= 0.3 is 0 Å². The molecule has 0 amide bonds. The third kappa shape index (κ3) is 1.71. The molecule has 0 N–H and O–H groups in total. The van der Waals surface area contributed by atoms with Crippen LogP contribution in [-0.4, -0.2) is 11.2 Å².